The summed E-state index contributed by atoms with van der Waals surface area (Å²) in [6.07, 6.45) is 12.7. The van der Waals surface area contributed by atoms with Gasteiger partial charge < -0.3 is 0 Å². The van der Waals surface area contributed by atoms with Gasteiger partial charge in [0.05, 0.1) is 0 Å². The molecule has 96 valence electrons. The molecule has 0 amide bonds. The maximum absolute atomic E-state index is 11.7. The Balaban J connectivity index is 1.79. The molecular weight excluding hydrogens is 266 g/mol. The summed E-state index contributed by atoms with van der Waals surface area (Å²) in [4.78, 5) is 11.7. The average molecular weight is 282 g/mol. The van der Waals surface area contributed by atoms with Crippen molar-refractivity contribution in [2.24, 2.45) is 17.8 Å². The van der Waals surface area contributed by atoms with E-state index in [0.717, 1.165) is 6.54 Å². The van der Waals surface area contributed by atoms with Crippen LogP contribution in [0.2, 0.25) is 4.34 Å². The van der Waals surface area contributed by atoms with Crippen LogP contribution >= 0.6 is 23.1 Å². The van der Waals surface area contributed by atoms with E-state index < -0.39 is 0 Å². The highest BCUT2D eigenvalue weighted by Gasteiger charge is 2.31. The highest BCUT2D eigenvalue weighted by Crippen LogP contribution is 2.39. The minimum Gasteiger partial charge on any atom is -0.268 e. The predicted octanol–water partition coefficient (Wildman–Crippen LogP) is 3.72. The standard InChI is InChI=1S/C14H16ClNOS/c15-13-8-14(17)16(18-13)9-11-6-3-5-10-4-1-2-7-12(10)11/h1-2,4,7-8,10-12H,3,5-6,9H2. The number of aromatic nitrogens is 1. The molecule has 18 heavy (non-hydrogen) atoms. The summed E-state index contributed by atoms with van der Waals surface area (Å²) in [5, 5.41) is 0. The summed E-state index contributed by atoms with van der Waals surface area (Å²) < 4.78 is 2.40. The molecule has 2 aliphatic rings. The number of nitrogens with zero attached hydrogens (tertiary/aromatic N) is 1. The Morgan fingerprint density at radius 2 is 2.17 bits per heavy atom. The van der Waals surface area contributed by atoms with Crippen LogP contribution in [0.3, 0.4) is 0 Å². The molecule has 3 rings (SSSR count). The molecule has 1 aromatic heterocycles. The number of rotatable bonds is 2. The summed E-state index contributed by atoms with van der Waals surface area (Å²) >= 11 is 7.27. The van der Waals surface area contributed by atoms with Crippen LogP contribution in [0.5, 0.6) is 0 Å². The zero-order chi connectivity index (χ0) is 12.5. The number of fused-ring (bicyclic) bond motifs is 1. The van der Waals surface area contributed by atoms with E-state index in [-0.39, 0.29) is 5.56 Å². The molecule has 0 N–H and O–H groups in total. The first-order valence-electron chi connectivity index (χ1n) is 6.46. The molecule has 1 saturated carbocycles. The Hall–Kier alpha value is -0.800. The predicted molar refractivity (Wildman–Crippen MR) is 76.2 cm³/mol. The van der Waals surface area contributed by atoms with E-state index in [4.69, 9.17) is 11.6 Å². The monoisotopic (exact) mass is 281 g/mol. The first kappa shape index (κ1) is 12.2. The highest BCUT2D eigenvalue weighted by molar-refractivity contribution is 7.11. The molecule has 0 aromatic carbocycles. The van der Waals surface area contributed by atoms with E-state index >= 15 is 0 Å². The van der Waals surface area contributed by atoms with E-state index in [1.165, 1.54) is 36.9 Å². The molecule has 0 radical (unpaired) electrons. The summed E-state index contributed by atoms with van der Waals surface area (Å²) in [6, 6.07) is 1.52. The largest absolute Gasteiger partial charge is 0.268 e. The van der Waals surface area contributed by atoms with Crippen molar-refractivity contribution in [3.63, 3.8) is 0 Å². The number of halogens is 1. The molecule has 0 spiro atoms. The Morgan fingerprint density at radius 1 is 1.33 bits per heavy atom. The molecule has 0 aliphatic heterocycles. The Morgan fingerprint density at radius 3 is 2.94 bits per heavy atom. The van der Waals surface area contributed by atoms with Crippen LogP contribution in [-0.2, 0) is 6.54 Å². The van der Waals surface area contributed by atoms with Crippen LogP contribution in [0.1, 0.15) is 19.3 Å². The van der Waals surface area contributed by atoms with E-state index in [1.807, 2.05) is 3.96 Å². The van der Waals surface area contributed by atoms with Crippen LogP contribution < -0.4 is 5.56 Å². The number of hydrogen-bond donors (Lipinski definition) is 0. The van der Waals surface area contributed by atoms with Crippen LogP contribution in [0.25, 0.3) is 0 Å². The van der Waals surface area contributed by atoms with Crippen LogP contribution in [0, 0.1) is 17.8 Å². The Kier molecular flexibility index (Phi) is 3.44. The molecule has 3 atom stereocenters. The topological polar surface area (TPSA) is 22.0 Å². The lowest BCUT2D eigenvalue weighted by molar-refractivity contribution is 0.207. The fourth-order valence-electron chi connectivity index (χ4n) is 3.17. The zero-order valence-electron chi connectivity index (χ0n) is 10.1. The molecule has 2 nitrogen and oxygen atoms in total. The second-order valence-corrected chi connectivity index (χ2v) is 6.84. The van der Waals surface area contributed by atoms with Crippen molar-refractivity contribution in [1.29, 1.82) is 0 Å². The van der Waals surface area contributed by atoms with Gasteiger partial charge in [0.25, 0.3) is 5.56 Å². The van der Waals surface area contributed by atoms with Gasteiger partial charge in [-0.2, -0.15) is 0 Å². The Bertz CT molecular complexity index is 542. The summed E-state index contributed by atoms with van der Waals surface area (Å²) in [6.45, 7) is 0.815. The summed E-state index contributed by atoms with van der Waals surface area (Å²) in [5.41, 5.74) is 0.0439. The lowest BCUT2D eigenvalue weighted by atomic mass is 9.70. The third-order valence-electron chi connectivity index (χ3n) is 4.03. The first-order valence-corrected chi connectivity index (χ1v) is 7.61. The van der Waals surface area contributed by atoms with Gasteiger partial charge in [0.1, 0.15) is 4.34 Å². The lowest BCUT2D eigenvalue weighted by Gasteiger charge is -2.36. The quantitative estimate of drug-likeness (QED) is 0.810. The fraction of sp³-hybridized carbons (Fsp3) is 0.500. The summed E-state index contributed by atoms with van der Waals surface area (Å²) in [7, 11) is 0. The smallest absolute Gasteiger partial charge is 0.262 e. The second kappa shape index (κ2) is 5.06. The first-order chi connectivity index (χ1) is 8.74. The third-order valence-corrected chi connectivity index (χ3v) is 5.19. The molecule has 1 aromatic rings. The average Bonchev–Trinajstić information content (AvgIpc) is 2.68. The van der Waals surface area contributed by atoms with E-state index in [0.29, 0.717) is 22.1 Å². The highest BCUT2D eigenvalue weighted by atomic mass is 35.5. The van der Waals surface area contributed by atoms with Crippen molar-refractivity contribution in [2.45, 2.75) is 25.8 Å². The molecule has 1 fully saturated rings. The molecule has 4 heteroatoms. The van der Waals surface area contributed by atoms with Crippen molar-refractivity contribution in [2.75, 3.05) is 0 Å². The van der Waals surface area contributed by atoms with Crippen molar-refractivity contribution in [3.8, 4) is 0 Å². The maximum atomic E-state index is 11.7. The van der Waals surface area contributed by atoms with Crippen molar-refractivity contribution < 1.29 is 0 Å². The van der Waals surface area contributed by atoms with Gasteiger partial charge in [0, 0.05) is 12.6 Å². The lowest BCUT2D eigenvalue weighted by Crippen LogP contribution is -2.31. The van der Waals surface area contributed by atoms with Crippen LogP contribution in [-0.4, -0.2) is 3.96 Å². The Labute approximate surface area is 116 Å². The van der Waals surface area contributed by atoms with Gasteiger partial charge in [-0.05, 0) is 42.1 Å². The van der Waals surface area contributed by atoms with E-state index in [2.05, 4.69) is 24.3 Å². The normalized spacial score (nSPS) is 30.4. The number of allylic oxidation sites excluding steroid dienone is 4. The van der Waals surface area contributed by atoms with Gasteiger partial charge in [-0.1, -0.05) is 42.3 Å². The van der Waals surface area contributed by atoms with Crippen LogP contribution in [0.4, 0.5) is 0 Å². The van der Waals surface area contributed by atoms with Crippen molar-refractivity contribution in [3.05, 3.63) is 45.1 Å². The van der Waals surface area contributed by atoms with Gasteiger partial charge in [-0.15, -0.1) is 0 Å². The molecule has 1 heterocycles. The fourth-order valence-corrected chi connectivity index (χ4v) is 4.29. The van der Waals surface area contributed by atoms with Gasteiger partial charge in [-0.25, -0.2) is 0 Å². The van der Waals surface area contributed by atoms with Crippen molar-refractivity contribution in [1.82, 2.24) is 3.96 Å². The third kappa shape index (κ3) is 2.34. The van der Waals surface area contributed by atoms with Gasteiger partial charge in [0.2, 0.25) is 0 Å². The molecule has 2 aliphatic carbocycles. The van der Waals surface area contributed by atoms with Crippen molar-refractivity contribution >= 4 is 23.1 Å². The molecule has 0 bridgehead atoms. The molecular formula is C14H16ClNOS. The van der Waals surface area contributed by atoms with Gasteiger partial charge >= 0.3 is 0 Å². The van der Waals surface area contributed by atoms with E-state index in [1.54, 1.807) is 0 Å². The molecule has 0 saturated heterocycles. The second-order valence-electron chi connectivity index (χ2n) is 5.14. The van der Waals surface area contributed by atoms with Crippen LogP contribution in [0.15, 0.2) is 35.2 Å². The maximum Gasteiger partial charge on any atom is 0.262 e. The molecule has 3 unspecified atom stereocenters. The zero-order valence-corrected chi connectivity index (χ0v) is 11.7. The van der Waals surface area contributed by atoms with E-state index in [9.17, 15) is 4.79 Å². The summed E-state index contributed by atoms with van der Waals surface area (Å²) in [5.74, 6) is 1.83. The SMILES string of the molecule is O=c1cc(Cl)sn1CC1CCCC2C=CC=CC21. The van der Waals surface area contributed by atoms with Gasteiger partial charge in [0.15, 0.2) is 0 Å². The minimum absolute atomic E-state index is 0.0439. The minimum atomic E-state index is 0.0439. The number of hydrogen-bond acceptors (Lipinski definition) is 2. The van der Waals surface area contributed by atoms with Gasteiger partial charge in [-0.3, -0.25) is 8.75 Å².